The summed E-state index contributed by atoms with van der Waals surface area (Å²) in [5, 5.41) is 3.12. The van der Waals surface area contributed by atoms with Gasteiger partial charge in [-0.1, -0.05) is 11.6 Å². The lowest BCUT2D eigenvalue weighted by Gasteiger charge is -2.10. The Labute approximate surface area is 144 Å². The number of benzene rings is 2. The molecule has 1 amide bonds. The number of nitrogens with one attached hydrogen (secondary N) is 1. The molecule has 0 spiro atoms. The molecule has 0 aliphatic heterocycles. The van der Waals surface area contributed by atoms with Crippen molar-refractivity contribution in [2.75, 3.05) is 26.1 Å². The van der Waals surface area contributed by atoms with Crippen molar-refractivity contribution in [3.05, 3.63) is 53.1 Å². The van der Waals surface area contributed by atoms with E-state index in [9.17, 15) is 9.59 Å². The van der Waals surface area contributed by atoms with Crippen molar-refractivity contribution in [1.82, 2.24) is 0 Å². The van der Waals surface area contributed by atoms with E-state index in [0.717, 1.165) is 0 Å². The first-order chi connectivity index (χ1) is 11.5. The first-order valence-corrected chi connectivity index (χ1v) is 7.35. The minimum atomic E-state index is -0.606. The van der Waals surface area contributed by atoms with Gasteiger partial charge in [0.15, 0.2) is 6.61 Å². The number of rotatable bonds is 6. The van der Waals surface area contributed by atoms with Gasteiger partial charge in [-0.3, -0.25) is 4.79 Å². The van der Waals surface area contributed by atoms with Crippen LogP contribution in [0.1, 0.15) is 10.4 Å². The van der Waals surface area contributed by atoms with E-state index in [4.69, 9.17) is 25.8 Å². The Morgan fingerprint density at radius 3 is 2.12 bits per heavy atom. The van der Waals surface area contributed by atoms with Crippen molar-refractivity contribution in [3.63, 3.8) is 0 Å². The van der Waals surface area contributed by atoms with Crippen LogP contribution in [-0.2, 0) is 9.53 Å². The number of amides is 1. The molecule has 0 saturated heterocycles. The molecule has 0 radical (unpaired) electrons. The highest BCUT2D eigenvalue weighted by atomic mass is 35.5. The topological polar surface area (TPSA) is 73.9 Å². The Kier molecular flexibility index (Phi) is 6.03. The van der Waals surface area contributed by atoms with Crippen molar-refractivity contribution in [3.8, 4) is 11.5 Å². The minimum Gasteiger partial charge on any atom is -0.497 e. The molecule has 24 heavy (non-hydrogen) atoms. The molecular weight excluding hydrogens is 334 g/mol. The summed E-state index contributed by atoms with van der Waals surface area (Å²) in [7, 11) is 3.02. The van der Waals surface area contributed by atoms with E-state index in [1.54, 1.807) is 30.3 Å². The number of methoxy groups -OCH3 is 2. The second-order valence-electron chi connectivity index (χ2n) is 4.73. The summed E-state index contributed by atoms with van der Waals surface area (Å²) in [5.41, 5.74) is 0.786. The maximum atomic E-state index is 11.9. The normalized spacial score (nSPS) is 9.96. The molecule has 0 atom stereocenters. The van der Waals surface area contributed by atoms with E-state index >= 15 is 0 Å². The summed E-state index contributed by atoms with van der Waals surface area (Å²) in [5.74, 6) is -0.0247. The highest BCUT2D eigenvalue weighted by Gasteiger charge is 2.11. The first-order valence-electron chi connectivity index (χ1n) is 6.97. The van der Waals surface area contributed by atoms with E-state index in [1.807, 2.05) is 0 Å². The molecule has 6 nitrogen and oxygen atoms in total. The van der Waals surface area contributed by atoms with Gasteiger partial charge in [0, 0.05) is 28.9 Å². The van der Waals surface area contributed by atoms with Crippen LogP contribution in [0.2, 0.25) is 5.02 Å². The third kappa shape index (κ3) is 4.89. The van der Waals surface area contributed by atoms with Crippen LogP contribution in [-0.4, -0.2) is 32.7 Å². The molecule has 1 N–H and O–H groups in total. The van der Waals surface area contributed by atoms with E-state index < -0.39 is 18.5 Å². The zero-order chi connectivity index (χ0) is 17.5. The molecule has 0 aromatic heterocycles. The van der Waals surface area contributed by atoms with Crippen LogP contribution in [0.15, 0.2) is 42.5 Å². The van der Waals surface area contributed by atoms with Crippen molar-refractivity contribution in [2.24, 2.45) is 0 Å². The van der Waals surface area contributed by atoms with Gasteiger partial charge in [-0.25, -0.2) is 4.79 Å². The van der Waals surface area contributed by atoms with E-state index in [-0.39, 0.29) is 0 Å². The van der Waals surface area contributed by atoms with Crippen molar-refractivity contribution >= 4 is 29.2 Å². The van der Waals surface area contributed by atoms with Crippen LogP contribution in [0.5, 0.6) is 11.5 Å². The predicted molar refractivity (Wildman–Crippen MR) is 89.9 cm³/mol. The molecule has 2 aromatic rings. The molecule has 0 unspecified atom stereocenters. The third-order valence-corrected chi connectivity index (χ3v) is 3.30. The van der Waals surface area contributed by atoms with Gasteiger partial charge in [0.2, 0.25) is 0 Å². The van der Waals surface area contributed by atoms with Crippen LogP contribution >= 0.6 is 11.6 Å². The van der Waals surface area contributed by atoms with Gasteiger partial charge < -0.3 is 19.5 Å². The third-order valence-electron chi connectivity index (χ3n) is 3.05. The molecule has 0 saturated carbocycles. The standard InChI is InChI=1S/C17H16ClNO5/c1-22-14-7-13(8-15(9-14)23-2)19-16(20)10-24-17(21)11-3-5-12(18)6-4-11/h3-9H,10H2,1-2H3,(H,19,20). The molecular formula is C17H16ClNO5. The number of anilines is 1. The van der Waals surface area contributed by atoms with Crippen LogP contribution in [0, 0.1) is 0 Å². The molecule has 0 aliphatic carbocycles. The first kappa shape index (κ1) is 17.6. The number of esters is 1. The summed E-state index contributed by atoms with van der Waals surface area (Å²) in [6.07, 6.45) is 0. The molecule has 0 heterocycles. The highest BCUT2D eigenvalue weighted by molar-refractivity contribution is 6.30. The van der Waals surface area contributed by atoms with Gasteiger partial charge in [0.25, 0.3) is 5.91 Å². The lowest BCUT2D eigenvalue weighted by atomic mass is 10.2. The summed E-state index contributed by atoms with van der Waals surface area (Å²) in [6.45, 7) is -0.416. The molecule has 7 heteroatoms. The van der Waals surface area contributed by atoms with Crippen LogP contribution in [0.25, 0.3) is 0 Å². The number of hydrogen-bond acceptors (Lipinski definition) is 5. The largest absolute Gasteiger partial charge is 0.497 e. The zero-order valence-corrected chi connectivity index (χ0v) is 13.9. The predicted octanol–water partition coefficient (Wildman–Crippen LogP) is 3.15. The number of hydrogen-bond donors (Lipinski definition) is 1. The second kappa shape index (κ2) is 8.21. The SMILES string of the molecule is COc1cc(NC(=O)COC(=O)c2ccc(Cl)cc2)cc(OC)c1. The van der Waals surface area contributed by atoms with Crippen LogP contribution in [0.4, 0.5) is 5.69 Å². The Morgan fingerprint density at radius 1 is 1.00 bits per heavy atom. The summed E-state index contributed by atoms with van der Waals surface area (Å²) >= 11 is 5.75. The fourth-order valence-electron chi connectivity index (χ4n) is 1.88. The maximum Gasteiger partial charge on any atom is 0.338 e. The van der Waals surface area contributed by atoms with Crippen LogP contribution in [0.3, 0.4) is 0 Å². The molecule has 2 aromatic carbocycles. The quantitative estimate of drug-likeness (QED) is 0.811. The second-order valence-corrected chi connectivity index (χ2v) is 5.17. The van der Waals surface area contributed by atoms with Crippen molar-refractivity contribution in [1.29, 1.82) is 0 Å². The molecule has 0 fully saturated rings. The van der Waals surface area contributed by atoms with Gasteiger partial charge in [0.05, 0.1) is 19.8 Å². The molecule has 126 valence electrons. The lowest BCUT2D eigenvalue weighted by molar-refractivity contribution is -0.119. The highest BCUT2D eigenvalue weighted by Crippen LogP contribution is 2.25. The monoisotopic (exact) mass is 349 g/mol. The Morgan fingerprint density at radius 2 is 1.58 bits per heavy atom. The Balaban J connectivity index is 1.93. The zero-order valence-electron chi connectivity index (χ0n) is 13.2. The molecule has 0 aliphatic rings. The van der Waals surface area contributed by atoms with Gasteiger partial charge in [-0.05, 0) is 24.3 Å². The van der Waals surface area contributed by atoms with Gasteiger partial charge >= 0.3 is 5.97 Å². The number of halogens is 1. The fraction of sp³-hybridized carbons (Fsp3) is 0.176. The summed E-state index contributed by atoms with van der Waals surface area (Å²) < 4.78 is 15.2. The summed E-state index contributed by atoms with van der Waals surface area (Å²) in [6, 6.07) is 11.1. The van der Waals surface area contributed by atoms with Gasteiger partial charge in [0.1, 0.15) is 11.5 Å². The van der Waals surface area contributed by atoms with Crippen molar-refractivity contribution in [2.45, 2.75) is 0 Å². The summed E-state index contributed by atoms with van der Waals surface area (Å²) in [4.78, 5) is 23.7. The number of carbonyl (C=O) groups excluding carboxylic acids is 2. The average molecular weight is 350 g/mol. The van der Waals surface area contributed by atoms with Crippen molar-refractivity contribution < 1.29 is 23.8 Å². The fourth-order valence-corrected chi connectivity index (χ4v) is 2.00. The maximum absolute atomic E-state index is 11.9. The van der Waals surface area contributed by atoms with E-state index in [0.29, 0.717) is 27.8 Å². The Bertz CT molecular complexity index is 708. The average Bonchev–Trinajstić information content (AvgIpc) is 2.59. The van der Waals surface area contributed by atoms with Gasteiger partial charge in [-0.2, -0.15) is 0 Å². The number of ether oxygens (including phenoxy) is 3. The molecule has 2 rings (SSSR count). The van der Waals surface area contributed by atoms with Crippen LogP contribution < -0.4 is 14.8 Å². The van der Waals surface area contributed by atoms with Gasteiger partial charge in [-0.15, -0.1) is 0 Å². The smallest absolute Gasteiger partial charge is 0.338 e. The minimum absolute atomic E-state index is 0.315. The van der Waals surface area contributed by atoms with E-state index in [2.05, 4.69) is 5.32 Å². The Hall–Kier alpha value is -2.73. The van der Waals surface area contributed by atoms with E-state index in [1.165, 1.54) is 26.4 Å². The number of carbonyl (C=O) groups is 2. The lowest BCUT2D eigenvalue weighted by Crippen LogP contribution is -2.21. The molecule has 0 bridgehead atoms.